The lowest BCUT2D eigenvalue weighted by atomic mass is 10.1. The van der Waals surface area contributed by atoms with Crippen LogP contribution in [0.25, 0.3) is 0 Å². The van der Waals surface area contributed by atoms with Gasteiger partial charge in [-0.05, 0) is 30.5 Å². The van der Waals surface area contributed by atoms with Crippen molar-refractivity contribution in [3.63, 3.8) is 0 Å². The van der Waals surface area contributed by atoms with Crippen molar-refractivity contribution in [2.75, 3.05) is 17.1 Å². The molecule has 19 heavy (non-hydrogen) atoms. The van der Waals surface area contributed by atoms with Crippen molar-refractivity contribution in [2.24, 2.45) is 0 Å². The lowest BCUT2D eigenvalue weighted by Gasteiger charge is -2.08. The molecule has 0 atom stereocenters. The van der Waals surface area contributed by atoms with Gasteiger partial charge < -0.3 is 10.2 Å². The van der Waals surface area contributed by atoms with Crippen molar-refractivity contribution in [3.05, 3.63) is 29.8 Å². The molecular formula is C12H17NO5S. The monoisotopic (exact) mass is 287 g/mol. The first kappa shape index (κ1) is 15.5. The second-order valence-electron chi connectivity index (χ2n) is 4.09. The molecule has 7 heteroatoms. The van der Waals surface area contributed by atoms with Crippen LogP contribution in [0, 0.1) is 0 Å². The highest BCUT2D eigenvalue weighted by atomic mass is 32.2. The molecule has 0 aliphatic rings. The van der Waals surface area contributed by atoms with Gasteiger partial charge in [0.2, 0.25) is 10.0 Å². The van der Waals surface area contributed by atoms with E-state index >= 15 is 0 Å². The van der Waals surface area contributed by atoms with Crippen molar-refractivity contribution >= 4 is 21.7 Å². The number of aliphatic hydroxyl groups excluding tert-OH is 1. The van der Waals surface area contributed by atoms with Crippen LogP contribution in [0.1, 0.15) is 18.4 Å². The largest absolute Gasteiger partial charge is 0.481 e. The minimum Gasteiger partial charge on any atom is -0.481 e. The Bertz CT molecular complexity index is 509. The van der Waals surface area contributed by atoms with Gasteiger partial charge in [-0.3, -0.25) is 9.52 Å². The van der Waals surface area contributed by atoms with Gasteiger partial charge in [0, 0.05) is 18.7 Å². The van der Waals surface area contributed by atoms with E-state index in [-0.39, 0.29) is 25.2 Å². The third-order valence-electron chi connectivity index (χ3n) is 2.43. The van der Waals surface area contributed by atoms with Gasteiger partial charge in [-0.1, -0.05) is 12.1 Å². The van der Waals surface area contributed by atoms with Crippen LogP contribution in [0.15, 0.2) is 24.3 Å². The van der Waals surface area contributed by atoms with Gasteiger partial charge in [-0.2, -0.15) is 0 Å². The molecule has 0 fully saturated rings. The lowest BCUT2D eigenvalue weighted by molar-refractivity contribution is -0.137. The maximum atomic E-state index is 11.6. The third-order valence-corrected chi connectivity index (χ3v) is 3.80. The van der Waals surface area contributed by atoms with Gasteiger partial charge in [-0.25, -0.2) is 8.42 Å². The molecule has 1 aromatic rings. The van der Waals surface area contributed by atoms with Crippen LogP contribution < -0.4 is 4.72 Å². The highest BCUT2D eigenvalue weighted by Crippen LogP contribution is 2.12. The molecule has 6 nitrogen and oxygen atoms in total. The summed E-state index contributed by atoms with van der Waals surface area (Å²) in [6.07, 6.45) is 0.426. The summed E-state index contributed by atoms with van der Waals surface area (Å²) in [5, 5.41) is 17.2. The molecular weight excluding hydrogens is 270 g/mol. The molecule has 0 aliphatic carbocycles. The predicted octanol–water partition coefficient (Wildman–Crippen LogP) is 0.828. The number of nitrogens with one attached hydrogen (secondary N) is 1. The Morgan fingerprint density at radius 3 is 2.37 bits per heavy atom. The zero-order valence-electron chi connectivity index (χ0n) is 10.4. The number of aliphatic hydroxyl groups is 1. The number of carboxylic acid groups (broad SMARTS) is 1. The fourth-order valence-electron chi connectivity index (χ4n) is 1.51. The highest BCUT2D eigenvalue weighted by Gasteiger charge is 2.11. The minimum absolute atomic E-state index is 0.0419. The quantitative estimate of drug-likeness (QED) is 0.657. The summed E-state index contributed by atoms with van der Waals surface area (Å²) in [4.78, 5) is 10.3. The van der Waals surface area contributed by atoms with Crippen LogP contribution in [0.5, 0.6) is 0 Å². The predicted molar refractivity (Wildman–Crippen MR) is 71.5 cm³/mol. The Morgan fingerprint density at radius 2 is 1.84 bits per heavy atom. The van der Waals surface area contributed by atoms with E-state index in [1.165, 1.54) is 0 Å². The molecule has 0 bridgehead atoms. The minimum atomic E-state index is -3.52. The SMILES string of the molecule is O=C(O)CCCS(=O)(=O)Nc1ccc(CCO)cc1. The number of carboxylic acids is 1. The Kier molecular flexibility index (Phi) is 5.78. The number of hydrogen-bond acceptors (Lipinski definition) is 4. The maximum absolute atomic E-state index is 11.6. The zero-order chi connectivity index (χ0) is 14.3. The van der Waals surface area contributed by atoms with Gasteiger partial charge in [0.1, 0.15) is 0 Å². The number of sulfonamides is 1. The zero-order valence-corrected chi connectivity index (χ0v) is 11.2. The Hall–Kier alpha value is -1.60. The number of rotatable bonds is 8. The van der Waals surface area contributed by atoms with E-state index in [0.29, 0.717) is 12.1 Å². The molecule has 0 aliphatic heterocycles. The summed E-state index contributed by atoms with van der Waals surface area (Å²) < 4.78 is 25.7. The van der Waals surface area contributed by atoms with E-state index in [2.05, 4.69) is 4.72 Å². The summed E-state index contributed by atoms with van der Waals surface area (Å²) in [5.74, 6) is -1.24. The van der Waals surface area contributed by atoms with E-state index in [1.54, 1.807) is 24.3 Å². The Morgan fingerprint density at radius 1 is 1.21 bits per heavy atom. The molecule has 0 radical (unpaired) electrons. The number of benzene rings is 1. The first-order valence-corrected chi connectivity index (χ1v) is 7.50. The molecule has 1 aromatic carbocycles. The summed E-state index contributed by atoms with van der Waals surface area (Å²) in [6, 6.07) is 6.68. The van der Waals surface area contributed by atoms with E-state index in [9.17, 15) is 13.2 Å². The van der Waals surface area contributed by atoms with Crippen molar-refractivity contribution in [2.45, 2.75) is 19.3 Å². The highest BCUT2D eigenvalue weighted by molar-refractivity contribution is 7.92. The number of aliphatic carboxylic acids is 1. The molecule has 0 aromatic heterocycles. The lowest BCUT2D eigenvalue weighted by Crippen LogP contribution is -2.17. The first-order chi connectivity index (χ1) is 8.93. The summed E-state index contributed by atoms with van der Waals surface area (Å²) in [7, 11) is -3.52. The molecule has 0 unspecified atom stereocenters. The van der Waals surface area contributed by atoms with Crippen molar-refractivity contribution < 1.29 is 23.4 Å². The fraction of sp³-hybridized carbons (Fsp3) is 0.417. The van der Waals surface area contributed by atoms with Gasteiger partial charge in [0.15, 0.2) is 0 Å². The van der Waals surface area contributed by atoms with Crippen molar-refractivity contribution in [3.8, 4) is 0 Å². The number of hydrogen-bond donors (Lipinski definition) is 3. The van der Waals surface area contributed by atoms with Crippen LogP contribution in [-0.2, 0) is 21.2 Å². The molecule has 1 rings (SSSR count). The standard InChI is InChI=1S/C12H17NO5S/c14-8-7-10-3-5-11(6-4-10)13-19(17,18)9-1-2-12(15)16/h3-6,13-14H,1-2,7-9H2,(H,15,16). The van der Waals surface area contributed by atoms with Crippen LogP contribution in [0.4, 0.5) is 5.69 Å². The average Bonchev–Trinajstić information content (AvgIpc) is 2.31. The van der Waals surface area contributed by atoms with Crippen LogP contribution in [0.3, 0.4) is 0 Å². The fourth-order valence-corrected chi connectivity index (χ4v) is 2.63. The van der Waals surface area contributed by atoms with Crippen LogP contribution >= 0.6 is 0 Å². The van der Waals surface area contributed by atoms with Gasteiger partial charge >= 0.3 is 5.97 Å². The molecule has 0 saturated carbocycles. The number of anilines is 1. The molecule has 0 saturated heterocycles. The second-order valence-corrected chi connectivity index (χ2v) is 5.93. The van der Waals surface area contributed by atoms with Crippen molar-refractivity contribution in [1.82, 2.24) is 0 Å². The normalized spacial score (nSPS) is 11.2. The molecule has 3 N–H and O–H groups in total. The first-order valence-electron chi connectivity index (χ1n) is 5.85. The third kappa shape index (κ3) is 6.21. The smallest absolute Gasteiger partial charge is 0.303 e. The van der Waals surface area contributed by atoms with Gasteiger partial charge in [-0.15, -0.1) is 0 Å². The molecule has 0 spiro atoms. The molecule has 0 heterocycles. The van der Waals surface area contributed by atoms with Gasteiger partial charge in [0.05, 0.1) is 5.75 Å². The maximum Gasteiger partial charge on any atom is 0.303 e. The topological polar surface area (TPSA) is 104 Å². The summed E-state index contributed by atoms with van der Waals surface area (Å²) >= 11 is 0. The molecule has 106 valence electrons. The average molecular weight is 287 g/mol. The summed E-state index contributed by atoms with van der Waals surface area (Å²) in [5.41, 5.74) is 1.34. The van der Waals surface area contributed by atoms with E-state index in [1.807, 2.05) is 0 Å². The Balaban J connectivity index is 2.55. The second kappa shape index (κ2) is 7.10. The molecule has 0 amide bonds. The Labute approximate surface area is 112 Å². The van der Waals surface area contributed by atoms with Crippen molar-refractivity contribution in [1.29, 1.82) is 0 Å². The van der Waals surface area contributed by atoms with Crippen LogP contribution in [-0.4, -0.2) is 37.0 Å². The van der Waals surface area contributed by atoms with E-state index in [4.69, 9.17) is 10.2 Å². The van der Waals surface area contributed by atoms with E-state index in [0.717, 1.165) is 5.56 Å². The van der Waals surface area contributed by atoms with E-state index < -0.39 is 16.0 Å². The summed E-state index contributed by atoms with van der Waals surface area (Å²) in [6.45, 7) is 0.0419. The van der Waals surface area contributed by atoms with Gasteiger partial charge in [0.25, 0.3) is 0 Å². The van der Waals surface area contributed by atoms with Crippen LogP contribution in [0.2, 0.25) is 0 Å². The number of carbonyl (C=O) groups is 1.